The number of amides is 2. The average molecular weight is 332 g/mol. The topological polar surface area (TPSA) is 80.6 Å². The molecule has 2 rings (SSSR count). The summed E-state index contributed by atoms with van der Waals surface area (Å²) in [6.45, 7) is 3.23. The first-order valence-electron chi connectivity index (χ1n) is 7.21. The fraction of sp³-hybridized carbons (Fsp3) is 0.176. The summed E-state index contributed by atoms with van der Waals surface area (Å²) >= 11 is 0. The molecule has 6 nitrogen and oxygen atoms in total. The Hall–Kier alpha value is -3.09. The maximum atomic E-state index is 13.4. The number of hydrogen-bond donors (Lipinski definition) is 2. The molecule has 2 aromatic rings. The highest BCUT2D eigenvalue weighted by Gasteiger charge is 2.16. The number of rotatable bonds is 5. The maximum absolute atomic E-state index is 13.4. The van der Waals surface area contributed by atoms with E-state index in [9.17, 15) is 14.0 Å². The molecule has 24 heavy (non-hydrogen) atoms. The van der Waals surface area contributed by atoms with E-state index in [4.69, 9.17) is 9.15 Å². The van der Waals surface area contributed by atoms with Gasteiger partial charge in [-0.15, -0.1) is 0 Å². The number of carbonyl (C=O) groups is 2. The Bertz CT molecular complexity index is 755. The molecule has 0 saturated carbocycles. The van der Waals surface area contributed by atoms with Gasteiger partial charge in [0.05, 0.1) is 0 Å². The van der Waals surface area contributed by atoms with Crippen LogP contribution in [-0.2, 0) is 9.59 Å². The first kappa shape index (κ1) is 17.3. The molecule has 126 valence electrons. The van der Waals surface area contributed by atoms with Crippen molar-refractivity contribution >= 4 is 17.9 Å². The molecule has 0 aliphatic carbocycles. The zero-order valence-corrected chi connectivity index (χ0v) is 13.2. The molecule has 1 aromatic heterocycles. The number of hydrogen-bond acceptors (Lipinski definition) is 4. The fourth-order valence-electron chi connectivity index (χ4n) is 1.75. The summed E-state index contributed by atoms with van der Waals surface area (Å²) in [7, 11) is 0. The van der Waals surface area contributed by atoms with E-state index in [1.807, 2.05) is 0 Å². The van der Waals surface area contributed by atoms with Crippen molar-refractivity contribution in [1.82, 2.24) is 10.9 Å². The molecule has 1 heterocycles. The van der Waals surface area contributed by atoms with Gasteiger partial charge in [-0.25, -0.2) is 4.39 Å². The van der Waals surface area contributed by atoms with Crippen LogP contribution >= 0.6 is 0 Å². The molecule has 2 N–H and O–H groups in total. The van der Waals surface area contributed by atoms with Gasteiger partial charge in [0.2, 0.25) is 0 Å². The van der Waals surface area contributed by atoms with Crippen LogP contribution in [-0.4, -0.2) is 17.9 Å². The number of para-hydroxylation sites is 1. The zero-order valence-electron chi connectivity index (χ0n) is 13.2. The molecular formula is C17H17FN2O4. The van der Waals surface area contributed by atoms with Gasteiger partial charge in [-0.3, -0.25) is 20.4 Å². The highest BCUT2D eigenvalue weighted by atomic mass is 19.1. The summed E-state index contributed by atoms with van der Waals surface area (Å²) < 4.78 is 23.9. The molecule has 1 aromatic carbocycles. The molecule has 0 aliphatic rings. The lowest BCUT2D eigenvalue weighted by atomic mass is 10.3. The number of nitrogens with one attached hydrogen (secondary N) is 2. The van der Waals surface area contributed by atoms with Gasteiger partial charge in [-0.05, 0) is 44.2 Å². The second-order valence-electron chi connectivity index (χ2n) is 4.95. The quantitative estimate of drug-likeness (QED) is 0.651. The van der Waals surface area contributed by atoms with Crippen LogP contribution in [0, 0.1) is 12.7 Å². The molecule has 2 amide bonds. The van der Waals surface area contributed by atoms with Crippen LogP contribution < -0.4 is 15.6 Å². The lowest BCUT2D eigenvalue weighted by Crippen LogP contribution is -2.46. The van der Waals surface area contributed by atoms with Crippen LogP contribution in [0.25, 0.3) is 6.08 Å². The fourth-order valence-corrected chi connectivity index (χ4v) is 1.75. The van der Waals surface area contributed by atoms with Crippen LogP contribution in [0.4, 0.5) is 4.39 Å². The van der Waals surface area contributed by atoms with Crippen LogP contribution in [0.3, 0.4) is 0 Å². The summed E-state index contributed by atoms with van der Waals surface area (Å²) in [5.74, 6) is -0.533. The predicted molar refractivity (Wildman–Crippen MR) is 85.3 cm³/mol. The molecular weight excluding hydrogens is 315 g/mol. The predicted octanol–water partition coefficient (Wildman–Crippen LogP) is 2.36. The highest BCUT2D eigenvalue weighted by Crippen LogP contribution is 2.16. The van der Waals surface area contributed by atoms with Gasteiger partial charge in [0.25, 0.3) is 11.8 Å². The van der Waals surface area contributed by atoms with E-state index in [-0.39, 0.29) is 5.75 Å². The van der Waals surface area contributed by atoms with Gasteiger partial charge in [0.15, 0.2) is 17.7 Å². The first-order valence-corrected chi connectivity index (χ1v) is 7.21. The van der Waals surface area contributed by atoms with Gasteiger partial charge in [-0.2, -0.15) is 0 Å². The number of benzene rings is 1. The Morgan fingerprint density at radius 2 is 1.96 bits per heavy atom. The second kappa shape index (κ2) is 7.96. The van der Waals surface area contributed by atoms with Crippen LogP contribution in [0.2, 0.25) is 0 Å². The Labute approximate surface area is 138 Å². The number of halogens is 1. The second-order valence-corrected chi connectivity index (χ2v) is 4.95. The van der Waals surface area contributed by atoms with Crippen molar-refractivity contribution < 1.29 is 23.1 Å². The van der Waals surface area contributed by atoms with Crippen molar-refractivity contribution in [2.24, 2.45) is 0 Å². The van der Waals surface area contributed by atoms with E-state index in [2.05, 4.69) is 10.9 Å². The minimum Gasteiger partial charge on any atom is -0.478 e. The molecule has 1 atom stereocenters. The number of aryl methyl sites for hydroxylation is 1. The molecule has 0 fully saturated rings. The van der Waals surface area contributed by atoms with Crippen LogP contribution in [0.1, 0.15) is 18.4 Å². The Morgan fingerprint density at radius 1 is 1.21 bits per heavy atom. The SMILES string of the molecule is Cc1ccc(C=CC(=O)NNC(=O)C(C)Oc2ccccc2F)o1. The highest BCUT2D eigenvalue weighted by molar-refractivity contribution is 5.93. The number of carbonyl (C=O) groups excluding carboxylic acids is 2. The minimum absolute atomic E-state index is 0.0421. The zero-order chi connectivity index (χ0) is 17.5. The third-order valence-electron chi connectivity index (χ3n) is 2.98. The van der Waals surface area contributed by atoms with E-state index in [0.29, 0.717) is 5.76 Å². The van der Waals surface area contributed by atoms with Gasteiger partial charge in [-0.1, -0.05) is 12.1 Å². The van der Waals surface area contributed by atoms with Crippen LogP contribution in [0.15, 0.2) is 46.9 Å². The summed E-state index contributed by atoms with van der Waals surface area (Å²) in [4.78, 5) is 23.4. The molecule has 0 bridgehead atoms. The third-order valence-corrected chi connectivity index (χ3v) is 2.98. The minimum atomic E-state index is -0.987. The Morgan fingerprint density at radius 3 is 2.62 bits per heavy atom. The van der Waals surface area contributed by atoms with Gasteiger partial charge < -0.3 is 9.15 Å². The van der Waals surface area contributed by atoms with Crippen molar-refractivity contribution in [2.75, 3.05) is 0 Å². The first-order chi connectivity index (χ1) is 11.5. The lowest BCUT2D eigenvalue weighted by molar-refractivity contribution is -0.131. The normalized spacial score (nSPS) is 12.0. The van der Waals surface area contributed by atoms with Gasteiger partial charge >= 0.3 is 0 Å². The summed E-state index contributed by atoms with van der Waals surface area (Å²) in [5.41, 5.74) is 4.40. The van der Waals surface area contributed by atoms with Crippen molar-refractivity contribution in [1.29, 1.82) is 0 Å². The third kappa shape index (κ3) is 4.98. The summed E-state index contributed by atoms with van der Waals surface area (Å²) in [5, 5.41) is 0. The van der Waals surface area contributed by atoms with E-state index >= 15 is 0 Å². The van der Waals surface area contributed by atoms with Gasteiger partial charge in [0, 0.05) is 6.08 Å². The van der Waals surface area contributed by atoms with E-state index in [1.54, 1.807) is 25.1 Å². The Balaban J connectivity index is 1.80. The molecule has 1 unspecified atom stereocenters. The van der Waals surface area contributed by atoms with Crippen LogP contribution in [0.5, 0.6) is 5.75 Å². The smallest absolute Gasteiger partial charge is 0.279 e. The van der Waals surface area contributed by atoms with E-state index in [1.165, 1.54) is 37.3 Å². The van der Waals surface area contributed by atoms with Crippen molar-refractivity contribution in [3.63, 3.8) is 0 Å². The standard InChI is InChI=1S/C17H17FN2O4/c1-11-7-8-13(23-11)9-10-16(21)19-20-17(22)12(2)24-15-6-4-3-5-14(15)18/h3-10,12H,1-2H3,(H,19,21)(H,20,22). The van der Waals surface area contributed by atoms with E-state index in [0.717, 1.165) is 5.76 Å². The largest absolute Gasteiger partial charge is 0.478 e. The van der Waals surface area contributed by atoms with Gasteiger partial charge in [0.1, 0.15) is 11.5 Å². The summed E-state index contributed by atoms with van der Waals surface area (Å²) in [6, 6.07) is 9.21. The van der Waals surface area contributed by atoms with E-state index < -0.39 is 23.7 Å². The molecule has 0 radical (unpaired) electrons. The maximum Gasteiger partial charge on any atom is 0.279 e. The molecule has 0 spiro atoms. The average Bonchev–Trinajstić information content (AvgIpc) is 2.98. The number of hydrazine groups is 1. The molecule has 7 heteroatoms. The number of ether oxygens (including phenoxy) is 1. The van der Waals surface area contributed by atoms with Crippen molar-refractivity contribution in [2.45, 2.75) is 20.0 Å². The summed E-state index contributed by atoms with van der Waals surface area (Å²) in [6.07, 6.45) is 1.69. The lowest BCUT2D eigenvalue weighted by Gasteiger charge is -2.15. The Kier molecular flexibility index (Phi) is 5.73. The van der Waals surface area contributed by atoms with Crippen molar-refractivity contribution in [3.8, 4) is 5.75 Å². The molecule has 0 aliphatic heterocycles. The number of furan rings is 1. The molecule has 0 saturated heterocycles. The van der Waals surface area contributed by atoms with Crippen molar-refractivity contribution in [3.05, 3.63) is 59.8 Å². The monoisotopic (exact) mass is 332 g/mol.